The minimum atomic E-state index is -0.382. The van der Waals surface area contributed by atoms with Gasteiger partial charge in [0, 0.05) is 42.4 Å². The fourth-order valence-electron chi connectivity index (χ4n) is 4.32. The third-order valence-corrected chi connectivity index (χ3v) is 6.60. The lowest BCUT2D eigenvalue weighted by atomic mass is 9.69. The van der Waals surface area contributed by atoms with Crippen LogP contribution in [0.4, 0.5) is 0 Å². The fraction of sp³-hybridized carbons (Fsp3) is 0.444. The van der Waals surface area contributed by atoms with Crippen LogP contribution in [0.3, 0.4) is 0 Å². The van der Waals surface area contributed by atoms with E-state index < -0.39 is 0 Å². The van der Waals surface area contributed by atoms with E-state index in [-0.39, 0.29) is 11.2 Å². The molecule has 3 rings (SSSR count). The molecule has 0 saturated heterocycles. The van der Waals surface area contributed by atoms with Crippen LogP contribution in [0, 0.1) is 6.92 Å². The highest BCUT2D eigenvalue weighted by molar-refractivity contribution is 6.31. The van der Waals surface area contributed by atoms with Gasteiger partial charge in [0.1, 0.15) is 6.61 Å². The predicted molar refractivity (Wildman–Crippen MR) is 132 cm³/mol. The SMILES string of the molecule is CCN(CC)CCOc1ccc2c(n1)C(C)(C)C(C)=C(c1ccc(/C=N\C)cc1C)C2=O. The van der Waals surface area contributed by atoms with Crippen molar-refractivity contribution in [2.75, 3.05) is 33.3 Å². The van der Waals surface area contributed by atoms with Crippen molar-refractivity contribution in [3.8, 4) is 5.88 Å². The summed E-state index contributed by atoms with van der Waals surface area (Å²) >= 11 is 0. The van der Waals surface area contributed by atoms with Crippen LogP contribution in [-0.4, -0.2) is 55.2 Å². The fourth-order valence-corrected chi connectivity index (χ4v) is 4.32. The Morgan fingerprint density at radius 1 is 1.09 bits per heavy atom. The van der Waals surface area contributed by atoms with Crippen molar-refractivity contribution in [3.63, 3.8) is 0 Å². The van der Waals surface area contributed by atoms with Crippen LogP contribution in [0.1, 0.15) is 67.4 Å². The number of benzene rings is 1. The molecule has 0 spiro atoms. The Balaban J connectivity index is 1.96. The van der Waals surface area contributed by atoms with Gasteiger partial charge >= 0.3 is 0 Å². The number of hydrogen-bond donors (Lipinski definition) is 0. The van der Waals surface area contributed by atoms with E-state index >= 15 is 0 Å². The number of ether oxygens (including phenoxy) is 1. The number of fused-ring (bicyclic) bond motifs is 1. The molecule has 1 aliphatic rings. The van der Waals surface area contributed by atoms with E-state index in [1.54, 1.807) is 7.05 Å². The minimum Gasteiger partial charge on any atom is -0.476 e. The highest BCUT2D eigenvalue weighted by atomic mass is 16.5. The van der Waals surface area contributed by atoms with Gasteiger partial charge in [-0.25, -0.2) is 4.98 Å². The van der Waals surface area contributed by atoms with Gasteiger partial charge in [-0.15, -0.1) is 0 Å². The van der Waals surface area contributed by atoms with Crippen molar-refractivity contribution in [1.29, 1.82) is 0 Å². The molecule has 1 aromatic heterocycles. The molecule has 2 aromatic rings. The zero-order valence-corrected chi connectivity index (χ0v) is 20.5. The molecule has 0 N–H and O–H groups in total. The number of hydrogen-bond acceptors (Lipinski definition) is 5. The Morgan fingerprint density at radius 2 is 1.78 bits per heavy atom. The average Bonchev–Trinajstić information content (AvgIpc) is 2.77. The van der Waals surface area contributed by atoms with Crippen LogP contribution in [0.5, 0.6) is 5.88 Å². The number of aromatic nitrogens is 1. The highest BCUT2D eigenvalue weighted by Crippen LogP contribution is 2.44. The Kier molecular flexibility index (Phi) is 7.29. The molecule has 1 aromatic carbocycles. The molecule has 0 amide bonds. The standard InChI is InChI=1S/C27H35N3O2/c1-8-30(9-2)14-15-32-23-13-12-22-25(31)24(19(4)27(5,6)26(22)29-23)21-11-10-20(17-28-7)16-18(21)3/h10-13,16-17H,8-9,14-15H2,1-7H3/b28-17-. The number of nitrogens with zero attached hydrogens (tertiary/aromatic N) is 3. The van der Waals surface area contributed by atoms with Crippen molar-refractivity contribution >= 4 is 17.6 Å². The first-order valence-electron chi connectivity index (χ1n) is 11.4. The number of likely N-dealkylation sites (N-methyl/N-ethyl adjacent to an activating group) is 1. The van der Waals surface area contributed by atoms with Gasteiger partial charge in [0.05, 0.1) is 5.69 Å². The van der Waals surface area contributed by atoms with E-state index in [0.717, 1.165) is 53.2 Å². The molecular formula is C27H35N3O2. The third kappa shape index (κ3) is 4.53. The van der Waals surface area contributed by atoms with E-state index in [9.17, 15) is 4.79 Å². The molecule has 1 heterocycles. The summed E-state index contributed by atoms with van der Waals surface area (Å²) in [5.41, 5.74) is 5.93. The summed E-state index contributed by atoms with van der Waals surface area (Å²) < 4.78 is 5.94. The van der Waals surface area contributed by atoms with Gasteiger partial charge < -0.3 is 9.64 Å². The second-order valence-corrected chi connectivity index (χ2v) is 8.84. The molecule has 0 atom stereocenters. The first-order chi connectivity index (χ1) is 15.2. The summed E-state index contributed by atoms with van der Waals surface area (Å²) in [4.78, 5) is 24.8. The number of pyridine rings is 1. The lowest BCUT2D eigenvalue weighted by Crippen LogP contribution is -2.31. The van der Waals surface area contributed by atoms with Crippen LogP contribution in [-0.2, 0) is 5.41 Å². The number of aryl methyl sites for hydroxylation is 1. The van der Waals surface area contributed by atoms with Crippen LogP contribution >= 0.6 is 0 Å². The van der Waals surface area contributed by atoms with E-state index in [0.29, 0.717) is 18.1 Å². The van der Waals surface area contributed by atoms with Crippen molar-refractivity contribution in [2.24, 2.45) is 4.99 Å². The van der Waals surface area contributed by atoms with Crippen molar-refractivity contribution in [1.82, 2.24) is 9.88 Å². The molecule has 0 saturated carbocycles. The summed E-state index contributed by atoms with van der Waals surface area (Å²) in [7, 11) is 1.76. The molecule has 32 heavy (non-hydrogen) atoms. The number of allylic oxidation sites excluding steroid dienone is 2. The molecule has 0 bridgehead atoms. The minimum absolute atomic E-state index is 0.0269. The van der Waals surface area contributed by atoms with E-state index in [2.05, 4.69) is 43.7 Å². The maximum absolute atomic E-state index is 13.6. The largest absolute Gasteiger partial charge is 0.476 e. The smallest absolute Gasteiger partial charge is 0.213 e. The molecule has 5 heteroatoms. The van der Waals surface area contributed by atoms with Crippen molar-refractivity contribution in [2.45, 2.75) is 47.0 Å². The number of aliphatic imine (C=N–C) groups is 1. The molecule has 0 aliphatic heterocycles. The highest BCUT2D eigenvalue weighted by Gasteiger charge is 2.39. The van der Waals surface area contributed by atoms with Gasteiger partial charge in [-0.05, 0) is 61.3 Å². The van der Waals surface area contributed by atoms with Gasteiger partial charge in [0.15, 0.2) is 5.78 Å². The lowest BCUT2D eigenvalue weighted by Gasteiger charge is -2.34. The van der Waals surface area contributed by atoms with Crippen LogP contribution in [0.15, 0.2) is 40.9 Å². The molecular weight excluding hydrogens is 398 g/mol. The van der Waals surface area contributed by atoms with Gasteiger partial charge in [-0.3, -0.25) is 9.79 Å². The van der Waals surface area contributed by atoms with Gasteiger partial charge in [-0.2, -0.15) is 0 Å². The molecule has 5 nitrogen and oxygen atoms in total. The van der Waals surface area contributed by atoms with Crippen LogP contribution in [0.2, 0.25) is 0 Å². The monoisotopic (exact) mass is 433 g/mol. The van der Waals surface area contributed by atoms with Crippen LogP contribution < -0.4 is 4.74 Å². The number of Topliss-reactive ketones (excluding diaryl/α,β-unsaturated/α-hetero) is 1. The third-order valence-electron chi connectivity index (χ3n) is 6.60. The normalized spacial score (nSPS) is 15.6. The molecule has 170 valence electrons. The quantitative estimate of drug-likeness (QED) is 0.543. The number of rotatable bonds is 8. The Labute approximate surface area is 192 Å². The molecule has 1 aliphatic carbocycles. The summed E-state index contributed by atoms with van der Waals surface area (Å²) in [5, 5.41) is 0. The lowest BCUT2D eigenvalue weighted by molar-refractivity contribution is 0.104. The number of ketones is 1. The molecule has 0 fully saturated rings. The average molecular weight is 434 g/mol. The van der Waals surface area contributed by atoms with Crippen molar-refractivity contribution < 1.29 is 9.53 Å². The van der Waals surface area contributed by atoms with Crippen molar-refractivity contribution in [3.05, 3.63) is 63.9 Å². The second kappa shape index (κ2) is 9.78. The summed E-state index contributed by atoms with van der Waals surface area (Å²) in [5.74, 6) is 0.603. The Bertz CT molecular complexity index is 1060. The maximum Gasteiger partial charge on any atom is 0.213 e. The maximum atomic E-state index is 13.6. The zero-order chi connectivity index (χ0) is 23.5. The first kappa shape index (κ1) is 23.9. The Hall–Kier alpha value is -2.79. The second-order valence-electron chi connectivity index (χ2n) is 8.84. The summed E-state index contributed by atoms with van der Waals surface area (Å²) in [6, 6.07) is 9.81. The first-order valence-corrected chi connectivity index (χ1v) is 11.4. The zero-order valence-electron chi connectivity index (χ0n) is 20.5. The van der Waals surface area contributed by atoms with Gasteiger partial charge in [-0.1, -0.05) is 39.8 Å². The summed E-state index contributed by atoms with van der Waals surface area (Å²) in [6.45, 7) is 16.1. The predicted octanol–water partition coefficient (Wildman–Crippen LogP) is 5.11. The Morgan fingerprint density at radius 3 is 2.41 bits per heavy atom. The van der Waals surface area contributed by atoms with Gasteiger partial charge in [0.25, 0.3) is 0 Å². The topological polar surface area (TPSA) is 54.8 Å². The molecule has 0 unspecified atom stereocenters. The van der Waals surface area contributed by atoms with E-state index in [1.807, 2.05) is 44.3 Å². The van der Waals surface area contributed by atoms with E-state index in [4.69, 9.17) is 9.72 Å². The van der Waals surface area contributed by atoms with Crippen LogP contribution in [0.25, 0.3) is 5.57 Å². The number of carbonyl (C=O) groups excluding carboxylic acids is 1. The molecule has 0 radical (unpaired) electrons. The number of carbonyl (C=O) groups is 1. The van der Waals surface area contributed by atoms with Gasteiger partial charge in [0.2, 0.25) is 5.88 Å². The summed E-state index contributed by atoms with van der Waals surface area (Å²) in [6.07, 6.45) is 1.83. The van der Waals surface area contributed by atoms with E-state index in [1.165, 1.54) is 0 Å².